The van der Waals surface area contributed by atoms with E-state index in [2.05, 4.69) is 19.2 Å². The maximum atomic E-state index is 3.71. The van der Waals surface area contributed by atoms with E-state index in [9.17, 15) is 0 Å². The summed E-state index contributed by atoms with van der Waals surface area (Å²) in [5, 5.41) is 3.71. The van der Waals surface area contributed by atoms with Gasteiger partial charge in [-0.25, -0.2) is 0 Å². The first-order valence-electron chi connectivity index (χ1n) is 4.92. The molecular formula is C10H19N. The molecule has 1 heteroatoms. The molecule has 2 saturated heterocycles. The van der Waals surface area contributed by atoms with Crippen LogP contribution in [0.2, 0.25) is 0 Å². The molecule has 0 saturated carbocycles. The second-order valence-electron chi connectivity index (χ2n) is 5.04. The summed E-state index contributed by atoms with van der Waals surface area (Å²) in [6.07, 6.45) is 7.07. The van der Waals surface area contributed by atoms with Crippen molar-refractivity contribution in [2.24, 2.45) is 5.41 Å². The van der Waals surface area contributed by atoms with Gasteiger partial charge in [0.2, 0.25) is 0 Å². The van der Waals surface area contributed by atoms with Crippen molar-refractivity contribution in [2.75, 3.05) is 0 Å². The van der Waals surface area contributed by atoms with Crippen LogP contribution in [0.1, 0.15) is 46.0 Å². The molecule has 0 aromatic heterocycles. The molecule has 0 aromatic carbocycles. The second kappa shape index (κ2) is 2.48. The Balaban J connectivity index is 2.05. The highest BCUT2D eigenvalue weighted by Crippen LogP contribution is 2.37. The van der Waals surface area contributed by atoms with Crippen LogP contribution < -0.4 is 5.32 Å². The van der Waals surface area contributed by atoms with E-state index in [1.807, 2.05) is 0 Å². The minimum atomic E-state index is 0.604. The van der Waals surface area contributed by atoms with Gasteiger partial charge in [0.15, 0.2) is 0 Å². The Labute approximate surface area is 69.6 Å². The van der Waals surface area contributed by atoms with Gasteiger partial charge in [-0.05, 0) is 37.5 Å². The molecule has 1 N–H and O–H groups in total. The molecule has 1 nitrogen and oxygen atoms in total. The molecule has 2 aliphatic rings. The van der Waals surface area contributed by atoms with Crippen molar-refractivity contribution in [1.29, 1.82) is 0 Å². The Morgan fingerprint density at radius 1 is 1.09 bits per heavy atom. The lowest BCUT2D eigenvalue weighted by Crippen LogP contribution is -2.28. The SMILES string of the molecule is CC1(C)CCC2CCC(C1)N2. The predicted molar refractivity (Wildman–Crippen MR) is 47.6 cm³/mol. The van der Waals surface area contributed by atoms with Gasteiger partial charge in [-0.15, -0.1) is 0 Å². The first kappa shape index (κ1) is 7.60. The van der Waals surface area contributed by atoms with E-state index < -0.39 is 0 Å². The van der Waals surface area contributed by atoms with Crippen molar-refractivity contribution in [3.05, 3.63) is 0 Å². The number of rotatable bonds is 0. The van der Waals surface area contributed by atoms with E-state index in [1.165, 1.54) is 32.1 Å². The van der Waals surface area contributed by atoms with Crippen LogP contribution in [0.5, 0.6) is 0 Å². The van der Waals surface area contributed by atoms with Gasteiger partial charge in [0.1, 0.15) is 0 Å². The van der Waals surface area contributed by atoms with E-state index in [4.69, 9.17) is 0 Å². The van der Waals surface area contributed by atoms with Gasteiger partial charge in [-0.3, -0.25) is 0 Å². The molecule has 2 rings (SSSR count). The third-order valence-electron chi connectivity index (χ3n) is 3.30. The van der Waals surface area contributed by atoms with Crippen LogP contribution in [0.4, 0.5) is 0 Å². The zero-order chi connectivity index (χ0) is 7.90. The molecule has 64 valence electrons. The van der Waals surface area contributed by atoms with Crippen LogP contribution >= 0.6 is 0 Å². The van der Waals surface area contributed by atoms with Crippen LogP contribution in [0.3, 0.4) is 0 Å². The van der Waals surface area contributed by atoms with E-state index in [0.717, 1.165) is 12.1 Å². The number of nitrogens with one attached hydrogen (secondary N) is 1. The van der Waals surface area contributed by atoms with E-state index in [1.54, 1.807) is 0 Å². The standard InChI is InChI=1S/C10H19N/c1-10(2)6-5-8-3-4-9(7-10)11-8/h8-9,11H,3-7H2,1-2H3. The Bertz CT molecular complexity index is 151. The van der Waals surface area contributed by atoms with Gasteiger partial charge in [0.25, 0.3) is 0 Å². The molecule has 2 aliphatic heterocycles. The van der Waals surface area contributed by atoms with Crippen molar-refractivity contribution in [2.45, 2.75) is 58.0 Å². The van der Waals surface area contributed by atoms with Gasteiger partial charge >= 0.3 is 0 Å². The highest BCUT2D eigenvalue weighted by molar-refractivity contribution is 4.91. The van der Waals surface area contributed by atoms with E-state index in [0.29, 0.717) is 5.41 Å². The van der Waals surface area contributed by atoms with Crippen LogP contribution in [-0.4, -0.2) is 12.1 Å². The summed E-state index contributed by atoms with van der Waals surface area (Å²) >= 11 is 0. The molecular weight excluding hydrogens is 134 g/mol. The summed E-state index contributed by atoms with van der Waals surface area (Å²) in [5.74, 6) is 0. The number of hydrogen-bond acceptors (Lipinski definition) is 1. The lowest BCUT2D eigenvalue weighted by Gasteiger charge is -2.25. The summed E-state index contributed by atoms with van der Waals surface area (Å²) in [4.78, 5) is 0. The van der Waals surface area contributed by atoms with Crippen molar-refractivity contribution in [3.8, 4) is 0 Å². The van der Waals surface area contributed by atoms with Gasteiger partial charge in [-0.1, -0.05) is 13.8 Å². The largest absolute Gasteiger partial charge is 0.311 e. The second-order valence-corrected chi connectivity index (χ2v) is 5.04. The highest BCUT2D eigenvalue weighted by Gasteiger charge is 2.33. The van der Waals surface area contributed by atoms with Crippen LogP contribution in [0, 0.1) is 5.41 Å². The van der Waals surface area contributed by atoms with Gasteiger partial charge in [-0.2, -0.15) is 0 Å². The zero-order valence-corrected chi connectivity index (χ0v) is 7.69. The van der Waals surface area contributed by atoms with Gasteiger partial charge in [0.05, 0.1) is 0 Å². The van der Waals surface area contributed by atoms with Crippen LogP contribution in [0.15, 0.2) is 0 Å². The first-order valence-corrected chi connectivity index (χ1v) is 4.92. The normalized spacial score (nSPS) is 42.0. The fourth-order valence-corrected chi connectivity index (χ4v) is 2.63. The highest BCUT2D eigenvalue weighted by atomic mass is 15.0. The monoisotopic (exact) mass is 153 g/mol. The molecule has 11 heavy (non-hydrogen) atoms. The third-order valence-corrected chi connectivity index (χ3v) is 3.30. The molecule has 2 fully saturated rings. The van der Waals surface area contributed by atoms with Crippen LogP contribution in [0.25, 0.3) is 0 Å². The maximum absolute atomic E-state index is 3.71. The summed E-state index contributed by atoms with van der Waals surface area (Å²) in [6, 6.07) is 1.71. The summed E-state index contributed by atoms with van der Waals surface area (Å²) < 4.78 is 0. The molecule has 0 radical (unpaired) electrons. The van der Waals surface area contributed by atoms with Gasteiger partial charge < -0.3 is 5.32 Å². The van der Waals surface area contributed by atoms with Crippen molar-refractivity contribution in [1.82, 2.24) is 5.32 Å². The summed E-state index contributed by atoms with van der Waals surface area (Å²) in [5.41, 5.74) is 0.604. The lowest BCUT2D eigenvalue weighted by molar-refractivity contribution is 0.280. The fraction of sp³-hybridized carbons (Fsp3) is 1.00. The summed E-state index contributed by atoms with van der Waals surface area (Å²) in [7, 11) is 0. The Kier molecular flexibility index (Phi) is 1.71. The quantitative estimate of drug-likeness (QED) is 0.563. The van der Waals surface area contributed by atoms with E-state index in [-0.39, 0.29) is 0 Å². The number of fused-ring (bicyclic) bond motifs is 2. The molecule has 0 aliphatic carbocycles. The molecule has 0 spiro atoms. The lowest BCUT2D eigenvalue weighted by atomic mass is 9.80. The topological polar surface area (TPSA) is 12.0 Å². The molecule has 0 amide bonds. The molecule has 2 unspecified atom stereocenters. The molecule has 0 aromatic rings. The van der Waals surface area contributed by atoms with Crippen molar-refractivity contribution >= 4 is 0 Å². The minimum absolute atomic E-state index is 0.604. The van der Waals surface area contributed by atoms with Crippen molar-refractivity contribution in [3.63, 3.8) is 0 Å². The average molecular weight is 153 g/mol. The number of hydrogen-bond donors (Lipinski definition) is 1. The molecule has 2 heterocycles. The summed E-state index contributed by atoms with van der Waals surface area (Å²) in [6.45, 7) is 4.82. The smallest absolute Gasteiger partial charge is 0.00753 e. The molecule has 2 atom stereocenters. The Morgan fingerprint density at radius 2 is 1.82 bits per heavy atom. The third kappa shape index (κ3) is 1.58. The Hall–Kier alpha value is -0.0400. The maximum Gasteiger partial charge on any atom is 0.00753 e. The van der Waals surface area contributed by atoms with Gasteiger partial charge in [0, 0.05) is 12.1 Å². The van der Waals surface area contributed by atoms with Crippen molar-refractivity contribution < 1.29 is 0 Å². The fourth-order valence-electron chi connectivity index (χ4n) is 2.63. The first-order chi connectivity index (χ1) is 5.16. The molecule has 2 bridgehead atoms. The van der Waals surface area contributed by atoms with Crippen LogP contribution in [-0.2, 0) is 0 Å². The van der Waals surface area contributed by atoms with E-state index >= 15 is 0 Å². The average Bonchev–Trinajstić information content (AvgIpc) is 2.24. The minimum Gasteiger partial charge on any atom is -0.311 e. The Morgan fingerprint density at radius 3 is 2.64 bits per heavy atom. The zero-order valence-electron chi connectivity index (χ0n) is 7.69. The predicted octanol–water partition coefficient (Wildman–Crippen LogP) is 2.32.